The fourth-order valence-electron chi connectivity index (χ4n) is 3.37. The molecule has 4 aromatic rings. The van der Waals surface area contributed by atoms with Crippen LogP contribution in [0.4, 0.5) is 5.82 Å². The van der Waals surface area contributed by atoms with Gasteiger partial charge in [-0.25, -0.2) is 4.98 Å². The van der Waals surface area contributed by atoms with Crippen LogP contribution in [0.2, 0.25) is 0 Å². The Morgan fingerprint density at radius 1 is 1.19 bits per heavy atom. The Bertz CT molecular complexity index is 1310. The van der Waals surface area contributed by atoms with Crippen LogP contribution >= 0.6 is 0 Å². The van der Waals surface area contributed by atoms with E-state index in [1.807, 2.05) is 31.2 Å². The fraction of sp³-hybridized carbons (Fsp3) is 0.174. The molecule has 4 rings (SSSR count). The highest BCUT2D eigenvalue weighted by Crippen LogP contribution is 2.33. The number of ether oxygens (including phenoxy) is 1. The highest BCUT2D eigenvalue weighted by atomic mass is 16.6. The molecule has 32 heavy (non-hydrogen) atoms. The molecule has 2 aromatic carbocycles. The van der Waals surface area contributed by atoms with Crippen molar-refractivity contribution < 1.29 is 14.5 Å². The topological polar surface area (TPSA) is 123 Å². The van der Waals surface area contributed by atoms with Crippen molar-refractivity contribution in [2.45, 2.75) is 20.0 Å². The van der Waals surface area contributed by atoms with Crippen LogP contribution in [0.15, 0.2) is 54.7 Å². The maximum atomic E-state index is 12.1. The van der Waals surface area contributed by atoms with E-state index in [-0.39, 0.29) is 17.5 Å². The summed E-state index contributed by atoms with van der Waals surface area (Å²) in [7, 11) is 1.55. The van der Waals surface area contributed by atoms with Crippen molar-refractivity contribution in [2.75, 3.05) is 7.05 Å². The zero-order chi connectivity index (χ0) is 22.8. The molecule has 0 spiro atoms. The fourth-order valence-corrected chi connectivity index (χ4v) is 3.37. The van der Waals surface area contributed by atoms with Crippen LogP contribution in [-0.4, -0.2) is 32.8 Å². The number of nitro groups is 1. The van der Waals surface area contributed by atoms with E-state index in [1.165, 1.54) is 6.20 Å². The van der Waals surface area contributed by atoms with Gasteiger partial charge in [0.2, 0.25) is 5.75 Å². The Balaban J connectivity index is 1.69. The highest BCUT2D eigenvalue weighted by Gasteiger charge is 2.23. The predicted molar refractivity (Wildman–Crippen MR) is 120 cm³/mol. The van der Waals surface area contributed by atoms with Crippen LogP contribution in [-0.2, 0) is 0 Å². The summed E-state index contributed by atoms with van der Waals surface area (Å²) in [4.78, 5) is 34.7. The summed E-state index contributed by atoms with van der Waals surface area (Å²) in [5.41, 5.74) is 4.26. The maximum absolute atomic E-state index is 12.1. The molecule has 1 atom stereocenters. The van der Waals surface area contributed by atoms with Crippen LogP contribution in [0.1, 0.15) is 34.8 Å². The molecule has 1 unspecified atom stereocenters. The normalized spacial score (nSPS) is 11.8. The summed E-state index contributed by atoms with van der Waals surface area (Å²) >= 11 is 0. The van der Waals surface area contributed by atoms with Crippen molar-refractivity contribution in [1.82, 2.24) is 20.3 Å². The molecule has 0 saturated carbocycles. The Kier molecular flexibility index (Phi) is 5.55. The minimum Gasteiger partial charge on any atom is -0.474 e. The van der Waals surface area contributed by atoms with Gasteiger partial charge in [0, 0.05) is 18.7 Å². The number of fused-ring (bicyclic) bond motifs is 1. The van der Waals surface area contributed by atoms with Crippen LogP contribution in [0, 0.1) is 17.0 Å². The predicted octanol–water partition coefficient (Wildman–Crippen LogP) is 4.34. The van der Waals surface area contributed by atoms with Crippen molar-refractivity contribution in [3.8, 4) is 16.9 Å². The molecular weight excluding hydrogens is 410 g/mol. The quantitative estimate of drug-likeness (QED) is 0.346. The molecule has 1 amide bonds. The van der Waals surface area contributed by atoms with Crippen molar-refractivity contribution in [1.29, 1.82) is 0 Å². The number of imidazole rings is 1. The van der Waals surface area contributed by atoms with Crippen molar-refractivity contribution in [3.63, 3.8) is 0 Å². The van der Waals surface area contributed by atoms with E-state index >= 15 is 0 Å². The van der Waals surface area contributed by atoms with Gasteiger partial charge in [0.1, 0.15) is 17.5 Å². The smallest absolute Gasteiger partial charge is 0.406 e. The number of rotatable bonds is 6. The number of para-hydroxylation sites is 1. The molecule has 0 radical (unpaired) electrons. The van der Waals surface area contributed by atoms with Gasteiger partial charge < -0.3 is 25.2 Å². The number of carbonyl (C=O) groups excluding carboxylic acids is 1. The Morgan fingerprint density at radius 2 is 1.94 bits per heavy atom. The van der Waals surface area contributed by atoms with Gasteiger partial charge >= 0.3 is 5.82 Å². The molecule has 9 nitrogen and oxygen atoms in total. The van der Waals surface area contributed by atoms with Gasteiger partial charge in [-0.3, -0.25) is 4.79 Å². The van der Waals surface area contributed by atoms with E-state index in [4.69, 9.17) is 4.74 Å². The molecule has 2 aromatic heterocycles. The van der Waals surface area contributed by atoms with Gasteiger partial charge in [-0.05, 0) is 41.5 Å². The third-order valence-corrected chi connectivity index (χ3v) is 5.08. The second kappa shape index (κ2) is 8.46. The SMILES string of the molecule is CNC(=O)c1cccc2[nH]c(C(C)Oc3cc(-c4ccc(C)cc4)cnc3[N+](=O)[O-])nc12. The number of aromatic amines is 1. The van der Waals surface area contributed by atoms with Crippen LogP contribution < -0.4 is 10.1 Å². The molecule has 0 aliphatic rings. The molecule has 9 heteroatoms. The average Bonchev–Trinajstić information content (AvgIpc) is 3.23. The second-order valence-corrected chi connectivity index (χ2v) is 7.33. The number of hydrogen-bond acceptors (Lipinski definition) is 6. The summed E-state index contributed by atoms with van der Waals surface area (Å²) < 4.78 is 5.94. The lowest BCUT2D eigenvalue weighted by molar-refractivity contribution is -0.390. The molecular formula is C23H21N5O4. The zero-order valence-electron chi connectivity index (χ0n) is 17.7. The second-order valence-electron chi connectivity index (χ2n) is 7.33. The zero-order valence-corrected chi connectivity index (χ0v) is 17.7. The summed E-state index contributed by atoms with van der Waals surface area (Å²) in [5, 5.41) is 14.1. The third kappa shape index (κ3) is 4.00. The van der Waals surface area contributed by atoms with E-state index < -0.39 is 11.0 Å². The van der Waals surface area contributed by atoms with E-state index in [2.05, 4.69) is 20.3 Å². The average molecular weight is 431 g/mol. The molecule has 0 aliphatic carbocycles. The Hall–Kier alpha value is -4.27. The number of amides is 1. The van der Waals surface area contributed by atoms with E-state index in [0.717, 1.165) is 11.1 Å². The molecule has 0 bridgehead atoms. The first kappa shape index (κ1) is 21.0. The third-order valence-electron chi connectivity index (χ3n) is 5.08. The Morgan fingerprint density at radius 3 is 2.62 bits per heavy atom. The van der Waals surface area contributed by atoms with Crippen molar-refractivity contribution in [2.24, 2.45) is 0 Å². The van der Waals surface area contributed by atoms with Gasteiger partial charge in [-0.15, -0.1) is 0 Å². The lowest BCUT2D eigenvalue weighted by Gasteiger charge is -2.13. The number of benzene rings is 2. The number of aryl methyl sites for hydroxylation is 1. The summed E-state index contributed by atoms with van der Waals surface area (Å²) in [6.07, 6.45) is 0.797. The summed E-state index contributed by atoms with van der Waals surface area (Å²) in [6, 6.07) is 14.6. The molecule has 0 fully saturated rings. The minimum absolute atomic E-state index is 0.0348. The number of hydrogen-bond donors (Lipinski definition) is 2. The van der Waals surface area contributed by atoms with Crippen LogP contribution in [0.3, 0.4) is 0 Å². The molecule has 0 aliphatic heterocycles. The highest BCUT2D eigenvalue weighted by molar-refractivity contribution is 6.04. The lowest BCUT2D eigenvalue weighted by atomic mass is 10.1. The molecule has 2 N–H and O–H groups in total. The van der Waals surface area contributed by atoms with E-state index in [0.29, 0.717) is 28.0 Å². The first-order valence-corrected chi connectivity index (χ1v) is 9.96. The van der Waals surface area contributed by atoms with Gasteiger partial charge in [-0.1, -0.05) is 35.9 Å². The first-order valence-electron chi connectivity index (χ1n) is 9.96. The van der Waals surface area contributed by atoms with Crippen LogP contribution in [0.25, 0.3) is 22.2 Å². The standard InChI is InChI=1S/C23H21N5O4/c1-13-7-9-15(10-8-13)16-11-19(22(25-12-16)28(30)31)32-14(2)21-26-18-6-4-5-17(20(18)27-21)23(29)24-3/h4-12,14H,1-3H3,(H,24,29)(H,26,27). The van der Waals surface area contributed by atoms with Crippen LogP contribution in [0.5, 0.6) is 5.75 Å². The van der Waals surface area contributed by atoms with Crippen molar-refractivity contribution >= 4 is 22.8 Å². The summed E-state index contributed by atoms with van der Waals surface area (Å²) in [6.45, 7) is 3.70. The Labute approximate surface area is 183 Å². The lowest BCUT2D eigenvalue weighted by Crippen LogP contribution is -2.18. The molecule has 162 valence electrons. The minimum atomic E-state index is -0.659. The number of aromatic nitrogens is 3. The van der Waals surface area contributed by atoms with Gasteiger partial charge in [0.05, 0.1) is 11.1 Å². The summed E-state index contributed by atoms with van der Waals surface area (Å²) in [5.74, 6) is -0.165. The van der Waals surface area contributed by atoms with Gasteiger partial charge in [0.15, 0.2) is 6.10 Å². The number of carbonyl (C=O) groups is 1. The molecule has 2 heterocycles. The largest absolute Gasteiger partial charge is 0.474 e. The number of H-pyrrole nitrogens is 1. The van der Waals surface area contributed by atoms with E-state index in [1.54, 1.807) is 38.2 Å². The molecule has 0 saturated heterocycles. The number of nitrogens with zero attached hydrogens (tertiary/aromatic N) is 3. The monoisotopic (exact) mass is 431 g/mol. The van der Waals surface area contributed by atoms with E-state index in [9.17, 15) is 14.9 Å². The van der Waals surface area contributed by atoms with Gasteiger partial charge in [0.25, 0.3) is 5.91 Å². The maximum Gasteiger partial charge on any atom is 0.406 e. The number of pyridine rings is 1. The number of nitrogens with one attached hydrogen (secondary N) is 2. The van der Waals surface area contributed by atoms with Crippen molar-refractivity contribution in [3.05, 3.63) is 81.8 Å². The van der Waals surface area contributed by atoms with Gasteiger partial charge in [-0.2, -0.15) is 0 Å². The first-order chi connectivity index (χ1) is 15.4.